The number of esters is 1. The maximum Gasteiger partial charge on any atom is 0.320 e. The summed E-state index contributed by atoms with van der Waals surface area (Å²) >= 11 is 0. The average molecular weight is 251 g/mol. The fraction of sp³-hybridized carbons (Fsp3) is 0.900. The lowest BCUT2D eigenvalue weighted by atomic mass is 10.3. The minimum Gasteiger partial charge on any atom is -0.465 e. The Labute approximate surface area is 97.7 Å². The molecule has 0 heterocycles. The van der Waals surface area contributed by atoms with Crippen LogP contribution in [0, 0.1) is 0 Å². The molecule has 0 unspecified atom stereocenters. The summed E-state index contributed by atoms with van der Waals surface area (Å²) in [4.78, 5) is 13.1. The molecule has 0 rings (SSSR count). The van der Waals surface area contributed by atoms with E-state index in [4.69, 9.17) is 4.74 Å². The van der Waals surface area contributed by atoms with Crippen LogP contribution in [0.3, 0.4) is 0 Å². The van der Waals surface area contributed by atoms with Crippen molar-refractivity contribution in [2.75, 3.05) is 31.7 Å². The van der Waals surface area contributed by atoms with Crippen LogP contribution in [0.2, 0.25) is 0 Å². The zero-order valence-electron chi connectivity index (χ0n) is 10.4. The molecule has 0 saturated heterocycles. The maximum atomic E-state index is 11.3. The van der Waals surface area contributed by atoms with Gasteiger partial charge in [-0.25, -0.2) is 8.42 Å². The Hall–Kier alpha value is -0.620. The maximum absolute atomic E-state index is 11.3. The molecule has 0 aromatic rings. The van der Waals surface area contributed by atoms with Crippen LogP contribution in [0.25, 0.3) is 0 Å². The van der Waals surface area contributed by atoms with Crippen molar-refractivity contribution < 1.29 is 17.9 Å². The SMILES string of the molecule is CCOC(=O)CN(CCS(C)(=O)=O)C(C)C. The second-order valence-electron chi connectivity index (χ2n) is 4.00. The Morgan fingerprint density at radius 2 is 1.94 bits per heavy atom. The molecule has 0 bridgehead atoms. The van der Waals surface area contributed by atoms with Gasteiger partial charge in [-0.1, -0.05) is 0 Å². The van der Waals surface area contributed by atoms with Gasteiger partial charge in [0.05, 0.1) is 18.9 Å². The van der Waals surface area contributed by atoms with Gasteiger partial charge < -0.3 is 4.74 Å². The third-order valence-corrected chi connectivity index (χ3v) is 3.04. The van der Waals surface area contributed by atoms with Crippen molar-refractivity contribution in [3.63, 3.8) is 0 Å². The van der Waals surface area contributed by atoms with E-state index in [1.807, 2.05) is 13.8 Å². The van der Waals surface area contributed by atoms with Crippen LogP contribution in [0.15, 0.2) is 0 Å². The highest BCUT2D eigenvalue weighted by Crippen LogP contribution is 2.00. The minimum atomic E-state index is -2.99. The third-order valence-electron chi connectivity index (χ3n) is 2.12. The van der Waals surface area contributed by atoms with Gasteiger partial charge in [-0.3, -0.25) is 9.69 Å². The molecular formula is C10H21NO4S. The molecule has 0 amide bonds. The lowest BCUT2D eigenvalue weighted by Gasteiger charge is -2.24. The van der Waals surface area contributed by atoms with Crippen molar-refractivity contribution in [1.82, 2.24) is 4.90 Å². The molecule has 6 heteroatoms. The number of rotatable bonds is 7. The van der Waals surface area contributed by atoms with Crippen LogP contribution < -0.4 is 0 Å². The van der Waals surface area contributed by atoms with Gasteiger partial charge in [0.2, 0.25) is 0 Å². The molecule has 0 radical (unpaired) electrons. The predicted molar refractivity (Wildman–Crippen MR) is 63.1 cm³/mol. The normalized spacial score (nSPS) is 12.1. The Bertz CT molecular complexity index is 311. The van der Waals surface area contributed by atoms with Crippen LogP contribution in [-0.4, -0.2) is 57.0 Å². The molecular weight excluding hydrogens is 230 g/mol. The number of ether oxygens (including phenoxy) is 1. The zero-order valence-corrected chi connectivity index (χ0v) is 11.2. The highest BCUT2D eigenvalue weighted by atomic mass is 32.2. The van der Waals surface area contributed by atoms with E-state index in [0.717, 1.165) is 0 Å². The molecule has 0 spiro atoms. The first-order valence-electron chi connectivity index (χ1n) is 5.33. The molecule has 0 atom stereocenters. The Kier molecular flexibility index (Phi) is 6.59. The monoisotopic (exact) mass is 251 g/mol. The van der Waals surface area contributed by atoms with Gasteiger partial charge in [-0.2, -0.15) is 0 Å². The van der Waals surface area contributed by atoms with E-state index in [2.05, 4.69) is 0 Å². The van der Waals surface area contributed by atoms with Gasteiger partial charge in [0.25, 0.3) is 0 Å². The van der Waals surface area contributed by atoms with Crippen molar-refractivity contribution in [2.24, 2.45) is 0 Å². The summed E-state index contributed by atoms with van der Waals surface area (Å²) in [5.41, 5.74) is 0. The van der Waals surface area contributed by atoms with Crippen molar-refractivity contribution in [3.8, 4) is 0 Å². The fourth-order valence-electron chi connectivity index (χ4n) is 1.18. The van der Waals surface area contributed by atoms with E-state index in [9.17, 15) is 13.2 Å². The van der Waals surface area contributed by atoms with Crippen LogP contribution in [0.1, 0.15) is 20.8 Å². The van der Waals surface area contributed by atoms with E-state index in [1.165, 1.54) is 6.26 Å². The van der Waals surface area contributed by atoms with Gasteiger partial charge in [0, 0.05) is 18.8 Å². The summed E-state index contributed by atoms with van der Waals surface area (Å²) in [6, 6.07) is 0.117. The van der Waals surface area contributed by atoms with Crippen LogP contribution in [0.4, 0.5) is 0 Å². The number of hydrogen-bond acceptors (Lipinski definition) is 5. The third kappa shape index (κ3) is 7.64. The molecule has 0 aliphatic carbocycles. The molecule has 0 N–H and O–H groups in total. The van der Waals surface area contributed by atoms with Crippen LogP contribution >= 0.6 is 0 Å². The lowest BCUT2D eigenvalue weighted by molar-refractivity contribution is -0.144. The summed E-state index contributed by atoms with van der Waals surface area (Å²) in [5.74, 6) is -0.255. The van der Waals surface area contributed by atoms with E-state index in [-0.39, 0.29) is 24.3 Å². The van der Waals surface area contributed by atoms with Gasteiger partial charge in [0.15, 0.2) is 0 Å². The van der Waals surface area contributed by atoms with Gasteiger partial charge in [0.1, 0.15) is 9.84 Å². The van der Waals surface area contributed by atoms with Crippen LogP contribution in [-0.2, 0) is 19.4 Å². The van der Waals surface area contributed by atoms with Gasteiger partial charge >= 0.3 is 5.97 Å². The van der Waals surface area contributed by atoms with Gasteiger partial charge in [-0.05, 0) is 20.8 Å². The summed E-state index contributed by atoms with van der Waals surface area (Å²) in [7, 11) is -2.99. The molecule has 0 fully saturated rings. The minimum absolute atomic E-state index is 0.0601. The predicted octanol–water partition coefficient (Wildman–Crippen LogP) is 0.305. The highest BCUT2D eigenvalue weighted by Gasteiger charge is 2.16. The number of carbonyl (C=O) groups excluding carboxylic acids is 1. The molecule has 5 nitrogen and oxygen atoms in total. The largest absolute Gasteiger partial charge is 0.465 e. The van der Waals surface area contributed by atoms with E-state index in [1.54, 1.807) is 11.8 Å². The van der Waals surface area contributed by atoms with E-state index in [0.29, 0.717) is 13.2 Å². The number of sulfone groups is 1. The average Bonchev–Trinajstić information content (AvgIpc) is 2.10. The first-order valence-corrected chi connectivity index (χ1v) is 7.39. The van der Waals surface area contributed by atoms with Gasteiger partial charge in [-0.15, -0.1) is 0 Å². The molecule has 0 saturated carbocycles. The number of nitrogens with zero attached hydrogens (tertiary/aromatic N) is 1. The first-order chi connectivity index (χ1) is 7.26. The van der Waals surface area contributed by atoms with Crippen molar-refractivity contribution in [3.05, 3.63) is 0 Å². The molecule has 0 aliphatic heterocycles. The summed E-state index contributed by atoms with van der Waals surface area (Å²) in [6.07, 6.45) is 1.19. The number of carbonyl (C=O) groups is 1. The van der Waals surface area contributed by atoms with E-state index < -0.39 is 9.84 Å². The topological polar surface area (TPSA) is 63.7 Å². The molecule has 16 heavy (non-hydrogen) atoms. The first kappa shape index (κ1) is 15.4. The fourth-order valence-corrected chi connectivity index (χ4v) is 1.74. The standard InChI is InChI=1S/C10H21NO4S/c1-5-15-10(12)8-11(9(2)3)6-7-16(4,13)14/h9H,5-8H2,1-4H3. The Balaban J connectivity index is 4.23. The second kappa shape index (κ2) is 6.85. The Morgan fingerprint density at radius 3 is 2.31 bits per heavy atom. The Morgan fingerprint density at radius 1 is 1.38 bits per heavy atom. The zero-order chi connectivity index (χ0) is 12.8. The lowest BCUT2D eigenvalue weighted by Crippen LogP contribution is -2.39. The molecule has 0 aromatic carbocycles. The molecule has 0 aliphatic rings. The smallest absolute Gasteiger partial charge is 0.320 e. The number of hydrogen-bond donors (Lipinski definition) is 0. The molecule has 0 aromatic heterocycles. The van der Waals surface area contributed by atoms with Crippen molar-refractivity contribution in [2.45, 2.75) is 26.8 Å². The summed E-state index contributed by atoms with van der Waals surface area (Å²) in [6.45, 7) is 6.42. The molecule has 96 valence electrons. The van der Waals surface area contributed by atoms with Crippen molar-refractivity contribution >= 4 is 15.8 Å². The van der Waals surface area contributed by atoms with E-state index >= 15 is 0 Å². The summed E-state index contributed by atoms with van der Waals surface area (Å²) in [5, 5.41) is 0. The van der Waals surface area contributed by atoms with Crippen molar-refractivity contribution in [1.29, 1.82) is 0 Å². The highest BCUT2D eigenvalue weighted by molar-refractivity contribution is 7.90. The quantitative estimate of drug-likeness (QED) is 0.609. The second-order valence-corrected chi connectivity index (χ2v) is 6.26. The van der Waals surface area contributed by atoms with Crippen LogP contribution in [0.5, 0.6) is 0 Å². The summed E-state index contributed by atoms with van der Waals surface area (Å²) < 4.78 is 26.9.